The van der Waals surface area contributed by atoms with Gasteiger partial charge in [-0.1, -0.05) is 18.2 Å². The second kappa shape index (κ2) is 8.45. The Morgan fingerprint density at radius 3 is 2.50 bits per heavy atom. The Hall–Kier alpha value is -2.51. The SMILES string of the molecule is CCOc1ccc(N2C(=O)[C@@H](C)S[C@@]23C(=O)N(C[NH+]2CCCCC2)c2ccccc23)cc1. The first-order valence-electron chi connectivity index (χ1n) is 11.6. The predicted molar refractivity (Wildman–Crippen MR) is 127 cm³/mol. The first kappa shape index (κ1) is 21.3. The van der Waals surface area contributed by atoms with Crippen molar-refractivity contribution in [2.24, 2.45) is 0 Å². The van der Waals surface area contributed by atoms with Crippen molar-refractivity contribution in [1.29, 1.82) is 0 Å². The number of thioether (sulfide) groups is 1. The van der Waals surface area contributed by atoms with Crippen LogP contribution in [-0.2, 0) is 14.5 Å². The second-order valence-electron chi connectivity index (χ2n) is 8.72. The predicted octanol–water partition coefficient (Wildman–Crippen LogP) is 2.78. The van der Waals surface area contributed by atoms with Crippen molar-refractivity contribution < 1.29 is 19.2 Å². The summed E-state index contributed by atoms with van der Waals surface area (Å²) >= 11 is 1.46. The first-order valence-corrected chi connectivity index (χ1v) is 12.4. The first-order chi connectivity index (χ1) is 15.6. The van der Waals surface area contributed by atoms with Crippen molar-refractivity contribution >= 4 is 35.0 Å². The summed E-state index contributed by atoms with van der Waals surface area (Å²) in [6.07, 6.45) is 3.67. The number of hydrogen-bond acceptors (Lipinski definition) is 4. The molecular weight excluding hydrogens is 422 g/mol. The number of piperidine rings is 1. The van der Waals surface area contributed by atoms with Crippen LogP contribution in [0.25, 0.3) is 0 Å². The van der Waals surface area contributed by atoms with Crippen LogP contribution in [0.2, 0.25) is 0 Å². The number of rotatable bonds is 5. The molecule has 0 bridgehead atoms. The number of nitrogens with one attached hydrogen (secondary N) is 1. The number of likely N-dealkylation sites (tertiary alicyclic amines) is 1. The fraction of sp³-hybridized carbons (Fsp3) is 0.440. The number of hydrogen-bond donors (Lipinski definition) is 1. The van der Waals surface area contributed by atoms with Gasteiger partial charge in [0, 0.05) is 11.3 Å². The number of carbonyl (C=O) groups is 2. The van der Waals surface area contributed by atoms with Crippen molar-refractivity contribution in [3.8, 4) is 5.75 Å². The molecule has 0 aromatic heterocycles. The number of carbonyl (C=O) groups excluding carboxylic acids is 2. The number of fused-ring (bicyclic) bond motifs is 2. The molecule has 32 heavy (non-hydrogen) atoms. The molecule has 6 nitrogen and oxygen atoms in total. The van der Waals surface area contributed by atoms with Crippen LogP contribution in [0.15, 0.2) is 48.5 Å². The number of nitrogens with zero attached hydrogens (tertiary/aromatic N) is 2. The molecule has 2 saturated heterocycles. The Morgan fingerprint density at radius 2 is 1.78 bits per heavy atom. The Morgan fingerprint density at radius 1 is 1.06 bits per heavy atom. The molecule has 5 rings (SSSR count). The molecule has 2 atom stereocenters. The number of benzene rings is 2. The summed E-state index contributed by atoms with van der Waals surface area (Å²) in [7, 11) is 0. The van der Waals surface area contributed by atoms with Crippen molar-refractivity contribution in [2.75, 3.05) is 36.2 Å². The lowest BCUT2D eigenvalue weighted by molar-refractivity contribution is -0.903. The molecule has 1 spiro atoms. The molecule has 0 radical (unpaired) electrons. The van der Waals surface area contributed by atoms with Crippen molar-refractivity contribution in [3.05, 3.63) is 54.1 Å². The largest absolute Gasteiger partial charge is 0.494 e. The quantitative estimate of drug-likeness (QED) is 0.758. The van der Waals surface area contributed by atoms with Crippen LogP contribution in [0.5, 0.6) is 5.75 Å². The second-order valence-corrected chi connectivity index (χ2v) is 10.3. The molecule has 3 aliphatic heterocycles. The number of anilines is 2. The zero-order valence-electron chi connectivity index (χ0n) is 18.7. The minimum absolute atomic E-state index is 0.00615. The van der Waals surface area contributed by atoms with Gasteiger partial charge in [0.25, 0.3) is 5.91 Å². The third kappa shape index (κ3) is 3.30. The maximum absolute atomic E-state index is 14.2. The molecule has 3 heterocycles. The molecule has 1 N–H and O–H groups in total. The minimum atomic E-state index is -1.06. The molecule has 3 aliphatic rings. The maximum atomic E-state index is 14.2. The highest BCUT2D eigenvalue weighted by Crippen LogP contribution is 2.57. The maximum Gasteiger partial charge on any atom is 0.273 e. The smallest absolute Gasteiger partial charge is 0.273 e. The van der Waals surface area contributed by atoms with Crippen LogP contribution in [0.1, 0.15) is 38.7 Å². The number of para-hydroxylation sites is 1. The van der Waals surface area contributed by atoms with E-state index in [0.717, 1.165) is 35.8 Å². The van der Waals surface area contributed by atoms with E-state index in [1.54, 1.807) is 4.90 Å². The summed E-state index contributed by atoms with van der Waals surface area (Å²) in [4.78, 5) is 31.6. The molecule has 2 amide bonds. The lowest BCUT2D eigenvalue weighted by Gasteiger charge is -2.34. The van der Waals surface area contributed by atoms with E-state index in [2.05, 4.69) is 0 Å². The van der Waals surface area contributed by atoms with E-state index in [0.29, 0.717) is 13.3 Å². The molecule has 2 aromatic rings. The van der Waals surface area contributed by atoms with Crippen LogP contribution in [0, 0.1) is 0 Å². The zero-order chi connectivity index (χ0) is 22.3. The van der Waals surface area contributed by atoms with Crippen LogP contribution < -0.4 is 19.4 Å². The average molecular weight is 453 g/mol. The standard InChI is InChI=1S/C25H29N3O3S/c1-3-31-20-13-11-19(12-14-20)28-23(29)18(2)32-25(28)21-9-5-6-10-22(21)27(24(25)30)17-26-15-7-4-8-16-26/h5-6,9-14,18H,3-4,7-8,15-17H2,1-2H3/p+1/t18-,25+/m1/s1. The molecule has 2 fully saturated rings. The van der Waals surface area contributed by atoms with Gasteiger partial charge in [-0.25, -0.2) is 0 Å². The van der Waals surface area contributed by atoms with Crippen molar-refractivity contribution in [2.45, 2.75) is 43.2 Å². The van der Waals surface area contributed by atoms with Gasteiger partial charge in [-0.3, -0.25) is 19.4 Å². The van der Waals surface area contributed by atoms with Crippen molar-refractivity contribution in [3.63, 3.8) is 0 Å². The number of amides is 2. The van der Waals surface area contributed by atoms with Gasteiger partial charge in [-0.2, -0.15) is 0 Å². The van der Waals surface area contributed by atoms with Crippen LogP contribution in [-0.4, -0.2) is 43.4 Å². The van der Waals surface area contributed by atoms with Gasteiger partial charge in [-0.15, -0.1) is 11.8 Å². The van der Waals surface area contributed by atoms with E-state index in [1.165, 1.54) is 35.9 Å². The normalized spacial score (nSPS) is 25.6. The van der Waals surface area contributed by atoms with E-state index in [4.69, 9.17) is 4.74 Å². The molecule has 0 unspecified atom stereocenters. The molecule has 168 valence electrons. The summed E-state index contributed by atoms with van der Waals surface area (Å²) < 4.78 is 5.58. The zero-order valence-corrected chi connectivity index (χ0v) is 19.5. The van der Waals surface area contributed by atoms with Crippen LogP contribution >= 0.6 is 11.8 Å². The van der Waals surface area contributed by atoms with Gasteiger partial charge >= 0.3 is 0 Å². The van der Waals surface area contributed by atoms with E-state index < -0.39 is 4.87 Å². The van der Waals surface area contributed by atoms with Crippen molar-refractivity contribution in [1.82, 2.24) is 0 Å². The van der Waals surface area contributed by atoms with Gasteiger partial charge in [0.05, 0.1) is 30.6 Å². The van der Waals surface area contributed by atoms with Crippen LogP contribution in [0.3, 0.4) is 0 Å². The van der Waals surface area contributed by atoms with Gasteiger partial charge in [0.1, 0.15) is 5.75 Å². The topological polar surface area (TPSA) is 54.3 Å². The Bertz CT molecular complexity index is 1020. The molecule has 0 aliphatic carbocycles. The van der Waals surface area contributed by atoms with Crippen LogP contribution in [0.4, 0.5) is 11.4 Å². The fourth-order valence-corrected chi connectivity index (χ4v) is 6.72. The highest BCUT2D eigenvalue weighted by molar-refractivity contribution is 8.03. The van der Waals surface area contributed by atoms with Gasteiger partial charge in [0.15, 0.2) is 6.67 Å². The lowest BCUT2D eigenvalue weighted by Crippen LogP contribution is -3.14. The average Bonchev–Trinajstić information content (AvgIpc) is 3.21. The lowest BCUT2D eigenvalue weighted by atomic mass is 10.0. The van der Waals surface area contributed by atoms with Gasteiger partial charge in [0.2, 0.25) is 10.8 Å². The summed E-state index contributed by atoms with van der Waals surface area (Å²) in [5, 5.41) is -0.305. The summed E-state index contributed by atoms with van der Waals surface area (Å²) in [5.41, 5.74) is 2.57. The third-order valence-corrected chi connectivity index (χ3v) is 8.15. The van der Waals surface area contributed by atoms with E-state index in [9.17, 15) is 9.59 Å². The molecule has 7 heteroatoms. The van der Waals surface area contributed by atoms with Gasteiger partial charge in [-0.05, 0) is 63.4 Å². The summed E-state index contributed by atoms with van der Waals surface area (Å²) in [5.74, 6) is 0.717. The number of quaternary nitrogens is 1. The monoisotopic (exact) mass is 452 g/mol. The summed E-state index contributed by atoms with van der Waals surface area (Å²) in [6.45, 7) is 7.25. The Labute approximate surface area is 193 Å². The molecule has 0 saturated carbocycles. The summed E-state index contributed by atoms with van der Waals surface area (Å²) in [6, 6.07) is 15.5. The minimum Gasteiger partial charge on any atom is -0.494 e. The van der Waals surface area contributed by atoms with Gasteiger partial charge < -0.3 is 9.64 Å². The number of ether oxygens (including phenoxy) is 1. The highest BCUT2D eigenvalue weighted by atomic mass is 32.2. The molecule has 2 aromatic carbocycles. The third-order valence-electron chi connectivity index (χ3n) is 6.67. The molecular formula is C25H30N3O3S+. The van der Waals surface area contributed by atoms with E-state index in [1.807, 2.05) is 67.3 Å². The van der Waals surface area contributed by atoms with E-state index >= 15 is 0 Å². The highest BCUT2D eigenvalue weighted by Gasteiger charge is 2.63. The van der Waals surface area contributed by atoms with E-state index in [-0.39, 0.29) is 17.1 Å². The Balaban J connectivity index is 1.57. The Kier molecular flexibility index (Phi) is 5.63. The fourth-order valence-electron chi connectivity index (χ4n) is 5.19.